The predicted molar refractivity (Wildman–Crippen MR) is 71.5 cm³/mol. The van der Waals surface area contributed by atoms with Gasteiger partial charge in [-0.05, 0) is 43.4 Å². The second-order valence-electron chi connectivity index (χ2n) is 5.26. The zero-order valence-electron chi connectivity index (χ0n) is 11.1. The molecule has 1 atom stereocenters. The summed E-state index contributed by atoms with van der Waals surface area (Å²) >= 11 is 0. The Balaban J connectivity index is 2.19. The van der Waals surface area contributed by atoms with Gasteiger partial charge in [0, 0.05) is 11.6 Å². The van der Waals surface area contributed by atoms with E-state index < -0.39 is 0 Å². The molecule has 1 heterocycles. The zero-order valence-corrected chi connectivity index (χ0v) is 11.1. The third-order valence-corrected chi connectivity index (χ3v) is 3.56. The van der Waals surface area contributed by atoms with Crippen molar-refractivity contribution in [1.82, 2.24) is 5.32 Å². The van der Waals surface area contributed by atoms with Crippen LogP contribution < -0.4 is 10.1 Å². The summed E-state index contributed by atoms with van der Waals surface area (Å²) in [5.74, 6) is 1.83. The molecule has 0 radical (unpaired) electrons. The first kappa shape index (κ1) is 12.4. The van der Waals surface area contributed by atoms with Gasteiger partial charge in [0.2, 0.25) is 0 Å². The van der Waals surface area contributed by atoms with Crippen molar-refractivity contribution in [2.24, 2.45) is 5.92 Å². The second kappa shape index (κ2) is 5.54. The van der Waals surface area contributed by atoms with Crippen molar-refractivity contribution >= 4 is 0 Å². The third kappa shape index (κ3) is 2.81. The molecule has 2 rings (SSSR count). The van der Waals surface area contributed by atoms with Crippen molar-refractivity contribution in [3.63, 3.8) is 0 Å². The maximum atomic E-state index is 5.46. The van der Waals surface area contributed by atoms with E-state index in [-0.39, 0.29) is 0 Å². The van der Waals surface area contributed by atoms with Crippen LogP contribution in [-0.2, 0) is 6.42 Å². The molecule has 1 unspecified atom stereocenters. The molecule has 1 aliphatic rings. The molecule has 0 bridgehead atoms. The van der Waals surface area contributed by atoms with Gasteiger partial charge in [-0.2, -0.15) is 0 Å². The molecule has 2 heteroatoms. The normalized spacial score (nSPS) is 19.2. The molecule has 1 aromatic carbocycles. The molecule has 0 fully saturated rings. The molecule has 1 N–H and O–H groups in total. The molecular formula is C15H23NO. The van der Waals surface area contributed by atoms with Gasteiger partial charge in [-0.25, -0.2) is 0 Å². The second-order valence-corrected chi connectivity index (χ2v) is 5.26. The highest BCUT2D eigenvalue weighted by atomic mass is 16.5. The highest BCUT2D eigenvalue weighted by molar-refractivity contribution is 5.43. The van der Waals surface area contributed by atoms with E-state index in [0.29, 0.717) is 6.04 Å². The van der Waals surface area contributed by atoms with Crippen LogP contribution in [0.3, 0.4) is 0 Å². The molecule has 0 saturated heterocycles. The Labute approximate surface area is 104 Å². The highest BCUT2D eigenvalue weighted by Crippen LogP contribution is 2.32. The Morgan fingerprint density at radius 2 is 2.24 bits per heavy atom. The molecule has 0 amide bonds. The van der Waals surface area contributed by atoms with Crippen molar-refractivity contribution in [2.45, 2.75) is 39.2 Å². The van der Waals surface area contributed by atoms with E-state index in [2.05, 4.69) is 37.4 Å². The first-order chi connectivity index (χ1) is 8.22. The number of hydrogen-bond acceptors (Lipinski definition) is 2. The minimum Gasteiger partial charge on any atom is -0.496 e. The van der Waals surface area contributed by atoms with Crippen LogP contribution in [-0.4, -0.2) is 13.7 Å². The van der Waals surface area contributed by atoms with Crippen LogP contribution in [0.4, 0.5) is 0 Å². The van der Waals surface area contributed by atoms with Crippen LogP contribution in [0.15, 0.2) is 18.2 Å². The molecule has 0 aromatic heterocycles. The summed E-state index contributed by atoms with van der Waals surface area (Å²) < 4.78 is 5.46. The van der Waals surface area contributed by atoms with Gasteiger partial charge in [0.1, 0.15) is 5.75 Å². The fourth-order valence-electron chi connectivity index (χ4n) is 2.61. The quantitative estimate of drug-likeness (QED) is 0.861. The largest absolute Gasteiger partial charge is 0.496 e. The van der Waals surface area contributed by atoms with E-state index in [9.17, 15) is 0 Å². The Morgan fingerprint density at radius 1 is 1.41 bits per heavy atom. The number of rotatable bonds is 4. The van der Waals surface area contributed by atoms with Crippen molar-refractivity contribution < 1.29 is 4.74 Å². The van der Waals surface area contributed by atoms with Gasteiger partial charge < -0.3 is 10.1 Å². The van der Waals surface area contributed by atoms with E-state index >= 15 is 0 Å². The first-order valence-electron chi connectivity index (χ1n) is 6.61. The van der Waals surface area contributed by atoms with Gasteiger partial charge in [-0.1, -0.05) is 26.0 Å². The van der Waals surface area contributed by atoms with Crippen LogP contribution in [0.25, 0.3) is 0 Å². The van der Waals surface area contributed by atoms with E-state index in [1.165, 1.54) is 24.0 Å². The third-order valence-electron chi connectivity index (χ3n) is 3.56. The van der Waals surface area contributed by atoms with Crippen molar-refractivity contribution in [2.75, 3.05) is 13.7 Å². The molecule has 0 aliphatic carbocycles. The fraction of sp³-hybridized carbons (Fsp3) is 0.600. The molecule has 1 aliphatic heterocycles. The summed E-state index contributed by atoms with van der Waals surface area (Å²) in [5, 5.41) is 3.63. The van der Waals surface area contributed by atoms with Gasteiger partial charge in [0.15, 0.2) is 0 Å². The topological polar surface area (TPSA) is 21.3 Å². The Kier molecular flexibility index (Phi) is 4.06. The minimum absolute atomic E-state index is 0.510. The van der Waals surface area contributed by atoms with Crippen LogP contribution in [0.5, 0.6) is 5.75 Å². The number of nitrogens with one attached hydrogen (secondary N) is 1. The number of hydrogen-bond donors (Lipinski definition) is 1. The van der Waals surface area contributed by atoms with Crippen LogP contribution in [0, 0.1) is 5.92 Å². The summed E-state index contributed by atoms with van der Waals surface area (Å²) in [6.45, 7) is 5.64. The van der Waals surface area contributed by atoms with Gasteiger partial charge >= 0.3 is 0 Å². The van der Waals surface area contributed by atoms with E-state index in [0.717, 1.165) is 24.6 Å². The van der Waals surface area contributed by atoms with Crippen LogP contribution in [0.1, 0.15) is 43.9 Å². The monoisotopic (exact) mass is 233 g/mol. The highest BCUT2D eigenvalue weighted by Gasteiger charge is 2.21. The standard InChI is InChI=1S/C15H23NO/c1-11(2)7-8-14-12-5-4-6-15(17-3)13(12)9-10-16-14/h4-6,11,14,16H,7-10H2,1-3H3. The maximum absolute atomic E-state index is 5.46. The number of fused-ring (bicyclic) bond motifs is 1. The van der Waals surface area contributed by atoms with E-state index in [1.54, 1.807) is 7.11 Å². The number of benzene rings is 1. The average molecular weight is 233 g/mol. The smallest absolute Gasteiger partial charge is 0.122 e. The van der Waals surface area contributed by atoms with Crippen LogP contribution >= 0.6 is 0 Å². The van der Waals surface area contributed by atoms with Crippen molar-refractivity contribution in [3.8, 4) is 5.75 Å². The predicted octanol–water partition coefficient (Wildman–Crippen LogP) is 3.32. The van der Waals surface area contributed by atoms with Crippen molar-refractivity contribution in [1.29, 1.82) is 0 Å². The lowest BCUT2D eigenvalue weighted by molar-refractivity contribution is 0.390. The summed E-state index contributed by atoms with van der Waals surface area (Å²) in [6.07, 6.45) is 3.57. The van der Waals surface area contributed by atoms with Crippen LogP contribution in [0.2, 0.25) is 0 Å². The lowest BCUT2D eigenvalue weighted by atomic mass is 9.89. The average Bonchev–Trinajstić information content (AvgIpc) is 2.35. The van der Waals surface area contributed by atoms with Gasteiger partial charge in [0.05, 0.1) is 7.11 Å². The Bertz CT molecular complexity index is 373. The maximum Gasteiger partial charge on any atom is 0.122 e. The zero-order chi connectivity index (χ0) is 12.3. The molecule has 17 heavy (non-hydrogen) atoms. The SMILES string of the molecule is COc1cccc2c1CCNC2CCC(C)C. The molecular weight excluding hydrogens is 210 g/mol. The summed E-state index contributed by atoms with van der Waals surface area (Å²) in [6, 6.07) is 6.93. The van der Waals surface area contributed by atoms with Gasteiger partial charge in [0.25, 0.3) is 0 Å². The summed E-state index contributed by atoms with van der Waals surface area (Å²) in [5.41, 5.74) is 2.85. The fourth-order valence-corrected chi connectivity index (χ4v) is 2.61. The number of ether oxygens (including phenoxy) is 1. The minimum atomic E-state index is 0.510. The lowest BCUT2D eigenvalue weighted by Gasteiger charge is -2.28. The molecule has 2 nitrogen and oxygen atoms in total. The first-order valence-corrected chi connectivity index (χ1v) is 6.61. The van der Waals surface area contributed by atoms with Crippen molar-refractivity contribution in [3.05, 3.63) is 29.3 Å². The molecule has 94 valence electrons. The molecule has 0 saturated carbocycles. The summed E-state index contributed by atoms with van der Waals surface area (Å²) in [4.78, 5) is 0. The van der Waals surface area contributed by atoms with Gasteiger partial charge in [-0.3, -0.25) is 0 Å². The summed E-state index contributed by atoms with van der Waals surface area (Å²) in [7, 11) is 1.76. The molecule has 0 spiro atoms. The Hall–Kier alpha value is -1.02. The van der Waals surface area contributed by atoms with E-state index in [4.69, 9.17) is 4.74 Å². The molecule has 1 aromatic rings. The Morgan fingerprint density at radius 3 is 2.94 bits per heavy atom. The number of methoxy groups -OCH3 is 1. The van der Waals surface area contributed by atoms with E-state index in [1.807, 2.05) is 0 Å². The lowest BCUT2D eigenvalue weighted by Crippen LogP contribution is -2.30. The van der Waals surface area contributed by atoms with Gasteiger partial charge in [-0.15, -0.1) is 0 Å².